The Balaban J connectivity index is 2.73. The maximum Gasteiger partial charge on any atom is 0.185 e. The number of methoxy groups -OCH3 is 1. The Bertz CT molecular complexity index is 341. The van der Waals surface area contributed by atoms with Crippen molar-refractivity contribution >= 4 is 16.5 Å². The molecule has 0 radical (unpaired) electrons. The van der Waals surface area contributed by atoms with Gasteiger partial charge in [-0.3, -0.25) is 0 Å². The molecule has 1 heterocycles. The van der Waals surface area contributed by atoms with Gasteiger partial charge in [-0.05, 0) is 13.0 Å². The first-order chi connectivity index (χ1) is 8.72. The summed E-state index contributed by atoms with van der Waals surface area (Å²) in [6.45, 7) is 7.88. The van der Waals surface area contributed by atoms with Crippen LogP contribution in [0.4, 0.5) is 5.13 Å². The Labute approximate surface area is 114 Å². The van der Waals surface area contributed by atoms with Gasteiger partial charge in [-0.15, -0.1) is 11.3 Å². The molecular formula is C13H25N3OS. The molecule has 0 aliphatic rings. The molecule has 0 saturated heterocycles. The molecule has 0 aliphatic carbocycles. The summed E-state index contributed by atoms with van der Waals surface area (Å²) in [5.74, 6) is 0. The number of ether oxygens (including phenoxy) is 1. The Morgan fingerprint density at radius 3 is 2.78 bits per heavy atom. The molecule has 1 rings (SSSR count). The van der Waals surface area contributed by atoms with Crippen LogP contribution < -0.4 is 10.2 Å². The maximum absolute atomic E-state index is 5.11. The van der Waals surface area contributed by atoms with E-state index in [0.29, 0.717) is 0 Å². The molecule has 0 aromatic carbocycles. The number of nitrogens with zero attached hydrogens (tertiary/aromatic N) is 2. The molecule has 1 N–H and O–H groups in total. The number of hydrogen-bond donors (Lipinski definition) is 1. The van der Waals surface area contributed by atoms with Crippen LogP contribution in [-0.2, 0) is 17.7 Å². The van der Waals surface area contributed by atoms with Crippen molar-refractivity contribution in [3.05, 3.63) is 10.6 Å². The highest BCUT2D eigenvalue weighted by Crippen LogP contribution is 2.26. The molecule has 0 amide bonds. The fourth-order valence-corrected chi connectivity index (χ4v) is 2.73. The Hall–Kier alpha value is -0.650. The summed E-state index contributed by atoms with van der Waals surface area (Å²) in [5.41, 5.74) is 1.25. The largest absolute Gasteiger partial charge is 0.383 e. The van der Waals surface area contributed by atoms with Crippen molar-refractivity contribution in [2.75, 3.05) is 38.8 Å². The molecule has 0 atom stereocenters. The lowest BCUT2D eigenvalue weighted by Gasteiger charge is -2.14. The lowest BCUT2D eigenvalue weighted by molar-refractivity contribution is 0.206. The zero-order valence-corrected chi connectivity index (χ0v) is 12.8. The van der Waals surface area contributed by atoms with E-state index >= 15 is 0 Å². The maximum atomic E-state index is 5.11. The van der Waals surface area contributed by atoms with Gasteiger partial charge < -0.3 is 15.0 Å². The highest BCUT2D eigenvalue weighted by molar-refractivity contribution is 7.15. The van der Waals surface area contributed by atoms with Gasteiger partial charge in [0, 0.05) is 32.1 Å². The number of likely N-dealkylation sites (N-methyl/N-ethyl adjacent to an activating group) is 1. The summed E-state index contributed by atoms with van der Waals surface area (Å²) in [6.07, 6.45) is 2.21. The number of thiazole rings is 1. The lowest BCUT2D eigenvalue weighted by atomic mass is 10.2. The van der Waals surface area contributed by atoms with Crippen molar-refractivity contribution in [3.63, 3.8) is 0 Å². The van der Waals surface area contributed by atoms with Crippen LogP contribution in [0.25, 0.3) is 0 Å². The Kier molecular flexibility index (Phi) is 7.23. The highest BCUT2D eigenvalue weighted by atomic mass is 32.1. The molecule has 5 heteroatoms. The SMILES string of the molecule is CCCc1nc(N(C)CCOC)sc1CNCC. The van der Waals surface area contributed by atoms with E-state index in [1.165, 1.54) is 10.6 Å². The summed E-state index contributed by atoms with van der Waals surface area (Å²) >= 11 is 1.79. The standard InChI is InChI=1S/C13H25N3OS/c1-5-7-11-12(10-14-6-2)18-13(15-11)16(3)8-9-17-4/h14H,5-10H2,1-4H3. The second kappa shape index (κ2) is 8.45. The van der Waals surface area contributed by atoms with Gasteiger partial charge in [-0.1, -0.05) is 20.3 Å². The minimum atomic E-state index is 0.738. The summed E-state index contributed by atoms with van der Waals surface area (Å²) in [5, 5.41) is 4.49. The number of hydrogen-bond acceptors (Lipinski definition) is 5. The molecule has 0 spiro atoms. The molecular weight excluding hydrogens is 246 g/mol. The van der Waals surface area contributed by atoms with Crippen molar-refractivity contribution in [1.82, 2.24) is 10.3 Å². The first-order valence-corrected chi connectivity index (χ1v) is 7.43. The van der Waals surface area contributed by atoms with Crippen molar-refractivity contribution in [1.29, 1.82) is 0 Å². The van der Waals surface area contributed by atoms with Gasteiger partial charge in [0.15, 0.2) is 5.13 Å². The predicted molar refractivity (Wildman–Crippen MR) is 78.6 cm³/mol. The van der Waals surface area contributed by atoms with Gasteiger partial charge in [-0.2, -0.15) is 0 Å². The van der Waals surface area contributed by atoms with Crippen molar-refractivity contribution < 1.29 is 4.74 Å². The zero-order valence-electron chi connectivity index (χ0n) is 12.0. The van der Waals surface area contributed by atoms with Crippen LogP contribution in [0.1, 0.15) is 30.8 Å². The van der Waals surface area contributed by atoms with Crippen LogP contribution >= 0.6 is 11.3 Å². The van der Waals surface area contributed by atoms with E-state index in [0.717, 1.165) is 44.2 Å². The van der Waals surface area contributed by atoms with Crippen LogP contribution in [0.15, 0.2) is 0 Å². The van der Waals surface area contributed by atoms with Gasteiger partial charge in [0.2, 0.25) is 0 Å². The quantitative estimate of drug-likeness (QED) is 0.748. The van der Waals surface area contributed by atoms with Gasteiger partial charge in [-0.25, -0.2) is 4.98 Å². The third-order valence-corrected chi connectivity index (χ3v) is 3.96. The molecule has 0 fully saturated rings. The fraction of sp³-hybridized carbons (Fsp3) is 0.769. The van der Waals surface area contributed by atoms with E-state index in [1.807, 2.05) is 0 Å². The molecule has 0 bridgehead atoms. The summed E-state index contributed by atoms with van der Waals surface area (Å²) < 4.78 is 5.11. The average Bonchev–Trinajstić information content (AvgIpc) is 2.77. The molecule has 0 aliphatic heterocycles. The number of aromatic nitrogens is 1. The van der Waals surface area contributed by atoms with Crippen molar-refractivity contribution in [2.24, 2.45) is 0 Å². The minimum Gasteiger partial charge on any atom is -0.383 e. The van der Waals surface area contributed by atoms with Crippen LogP contribution in [0.5, 0.6) is 0 Å². The van der Waals surface area contributed by atoms with E-state index in [-0.39, 0.29) is 0 Å². The first-order valence-electron chi connectivity index (χ1n) is 6.62. The van der Waals surface area contributed by atoms with Crippen LogP contribution in [0.2, 0.25) is 0 Å². The molecule has 1 aromatic rings. The Morgan fingerprint density at radius 1 is 1.39 bits per heavy atom. The van der Waals surface area contributed by atoms with Crippen LogP contribution in [-0.4, -0.2) is 38.8 Å². The summed E-state index contributed by atoms with van der Waals surface area (Å²) in [7, 11) is 3.80. The van der Waals surface area contributed by atoms with Gasteiger partial charge in [0.25, 0.3) is 0 Å². The van der Waals surface area contributed by atoms with Crippen molar-refractivity contribution in [3.8, 4) is 0 Å². The number of aryl methyl sites for hydroxylation is 1. The molecule has 1 aromatic heterocycles. The van der Waals surface area contributed by atoms with Gasteiger partial charge in [0.05, 0.1) is 12.3 Å². The normalized spacial score (nSPS) is 10.9. The average molecular weight is 271 g/mol. The van der Waals surface area contributed by atoms with Crippen LogP contribution in [0, 0.1) is 0 Å². The lowest BCUT2D eigenvalue weighted by Crippen LogP contribution is -2.21. The predicted octanol–water partition coefficient (Wildman–Crippen LogP) is 2.29. The monoisotopic (exact) mass is 271 g/mol. The van der Waals surface area contributed by atoms with Crippen molar-refractivity contribution in [2.45, 2.75) is 33.2 Å². The first kappa shape index (κ1) is 15.4. The Morgan fingerprint density at radius 2 is 2.17 bits per heavy atom. The number of anilines is 1. The smallest absolute Gasteiger partial charge is 0.185 e. The van der Waals surface area contributed by atoms with Crippen LogP contribution in [0.3, 0.4) is 0 Å². The summed E-state index contributed by atoms with van der Waals surface area (Å²) in [4.78, 5) is 8.30. The third-order valence-electron chi connectivity index (χ3n) is 2.75. The number of rotatable bonds is 9. The molecule has 4 nitrogen and oxygen atoms in total. The van der Waals surface area contributed by atoms with E-state index in [4.69, 9.17) is 9.72 Å². The van der Waals surface area contributed by atoms with Gasteiger partial charge in [0.1, 0.15) is 0 Å². The number of nitrogens with one attached hydrogen (secondary N) is 1. The van der Waals surface area contributed by atoms with E-state index < -0.39 is 0 Å². The van der Waals surface area contributed by atoms with Gasteiger partial charge >= 0.3 is 0 Å². The molecule has 104 valence electrons. The fourth-order valence-electron chi connectivity index (χ4n) is 1.67. The highest BCUT2D eigenvalue weighted by Gasteiger charge is 2.12. The second-order valence-corrected chi connectivity index (χ2v) is 5.37. The zero-order chi connectivity index (χ0) is 13.4. The molecule has 0 saturated carbocycles. The minimum absolute atomic E-state index is 0.738. The summed E-state index contributed by atoms with van der Waals surface area (Å²) in [6, 6.07) is 0. The van der Waals surface area contributed by atoms with E-state index in [2.05, 4.69) is 31.1 Å². The van der Waals surface area contributed by atoms with E-state index in [1.54, 1.807) is 18.4 Å². The van der Waals surface area contributed by atoms with E-state index in [9.17, 15) is 0 Å². The second-order valence-electron chi connectivity index (χ2n) is 4.31. The molecule has 18 heavy (non-hydrogen) atoms. The third kappa shape index (κ3) is 4.55. The molecule has 0 unspecified atom stereocenters. The topological polar surface area (TPSA) is 37.4 Å².